The van der Waals surface area contributed by atoms with Crippen molar-refractivity contribution in [2.45, 2.75) is 25.6 Å². The first-order valence-electron chi connectivity index (χ1n) is 8.95. The molecule has 0 aromatic heterocycles. The SMILES string of the molecule is CN=C(NCc1ccc(F)c(CO)c1)NC1CCN(c2cccc(Cl)c2)C1.I. The molecule has 2 aromatic rings. The largest absolute Gasteiger partial charge is 0.392 e. The number of nitrogens with one attached hydrogen (secondary N) is 2. The maximum Gasteiger partial charge on any atom is 0.191 e. The van der Waals surface area contributed by atoms with Gasteiger partial charge in [-0.3, -0.25) is 4.99 Å². The highest BCUT2D eigenvalue weighted by molar-refractivity contribution is 14.0. The van der Waals surface area contributed by atoms with Crippen LogP contribution in [0.15, 0.2) is 47.5 Å². The summed E-state index contributed by atoms with van der Waals surface area (Å²) in [5.74, 6) is 0.304. The van der Waals surface area contributed by atoms with Crippen LogP contribution in [0.1, 0.15) is 17.5 Å². The number of guanidine groups is 1. The number of aliphatic hydroxyl groups is 1. The Morgan fingerprint density at radius 2 is 2.14 bits per heavy atom. The van der Waals surface area contributed by atoms with Gasteiger partial charge in [0.15, 0.2) is 5.96 Å². The molecule has 1 heterocycles. The number of hydrogen-bond donors (Lipinski definition) is 3. The Morgan fingerprint density at radius 3 is 2.86 bits per heavy atom. The zero-order valence-corrected chi connectivity index (χ0v) is 18.7. The van der Waals surface area contributed by atoms with Gasteiger partial charge in [-0.25, -0.2) is 4.39 Å². The molecule has 1 unspecified atom stereocenters. The standard InChI is InChI=1S/C20H24ClFN4O.HI/c1-23-20(24-11-14-5-6-19(22)15(9-14)13-27)25-17-7-8-26(12-17)18-4-2-3-16(21)10-18;/h2-6,9-10,17,27H,7-8,11-13H2,1H3,(H2,23,24,25);1H. The molecule has 0 spiro atoms. The number of hydrogen-bond acceptors (Lipinski definition) is 3. The molecule has 3 rings (SSSR count). The van der Waals surface area contributed by atoms with E-state index in [0.29, 0.717) is 18.1 Å². The van der Waals surface area contributed by atoms with Gasteiger partial charge in [0.25, 0.3) is 0 Å². The molecule has 1 saturated heterocycles. The second kappa shape index (κ2) is 10.8. The molecule has 28 heavy (non-hydrogen) atoms. The second-order valence-electron chi connectivity index (χ2n) is 6.57. The summed E-state index contributed by atoms with van der Waals surface area (Å²) in [6, 6.07) is 12.9. The van der Waals surface area contributed by atoms with Gasteiger partial charge in [0, 0.05) is 49.0 Å². The summed E-state index contributed by atoms with van der Waals surface area (Å²) in [7, 11) is 1.73. The first-order chi connectivity index (χ1) is 13.1. The lowest BCUT2D eigenvalue weighted by molar-refractivity contribution is 0.275. The molecular weight excluding hydrogens is 494 g/mol. The van der Waals surface area contributed by atoms with Crippen LogP contribution >= 0.6 is 35.6 Å². The van der Waals surface area contributed by atoms with Crippen LogP contribution in [0, 0.1) is 5.82 Å². The van der Waals surface area contributed by atoms with E-state index < -0.39 is 5.82 Å². The van der Waals surface area contributed by atoms with Crippen molar-refractivity contribution in [1.82, 2.24) is 10.6 Å². The molecule has 1 fully saturated rings. The third-order valence-corrected chi connectivity index (χ3v) is 4.90. The summed E-state index contributed by atoms with van der Waals surface area (Å²) < 4.78 is 13.5. The Hall–Kier alpha value is -1.58. The van der Waals surface area contributed by atoms with Crippen LogP contribution in [0.5, 0.6) is 0 Å². The summed E-state index contributed by atoms with van der Waals surface area (Å²) in [5.41, 5.74) is 2.30. The van der Waals surface area contributed by atoms with Crippen molar-refractivity contribution >= 4 is 47.2 Å². The second-order valence-corrected chi connectivity index (χ2v) is 7.00. The summed E-state index contributed by atoms with van der Waals surface area (Å²) >= 11 is 6.09. The Bertz CT molecular complexity index is 821. The lowest BCUT2D eigenvalue weighted by Gasteiger charge is -2.20. The number of rotatable bonds is 5. The van der Waals surface area contributed by atoms with Crippen molar-refractivity contribution in [3.05, 3.63) is 64.4 Å². The minimum atomic E-state index is -0.393. The minimum Gasteiger partial charge on any atom is -0.392 e. The summed E-state index contributed by atoms with van der Waals surface area (Å²) in [6.45, 7) is 2.00. The average Bonchev–Trinajstić information content (AvgIpc) is 3.14. The van der Waals surface area contributed by atoms with Gasteiger partial charge in [-0.05, 0) is 42.3 Å². The molecule has 0 radical (unpaired) electrons. The number of anilines is 1. The molecule has 5 nitrogen and oxygen atoms in total. The van der Waals surface area contributed by atoms with E-state index in [-0.39, 0.29) is 36.6 Å². The Balaban J connectivity index is 0.00000280. The quantitative estimate of drug-likeness (QED) is 0.322. The lowest BCUT2D eigenvalue weighted by Crippen LogP contribution is -2.44. The molecule has 1 aliphatic rings. The summed E-state index contributed by atoms with van der Waals surface area (Å²) in [5, 5.41) is 16.6. The highest BCUT2D eigenvalue weighted by atomic mass is 127. The van der Waals surface area contributed by atoms with Crippen molar-refractivity contribution in [1.29, 1.82) is 0 Å². The number of halogens is 3. The Labute approximate surface area is 187 Å². The van der Waals surface area contributed by atoms with E-state index in [1.807, 2.05) is 18.2 Å². The van der Waals surface area contributed by atoms with E-state index in [1.165, 1.54) is 6.07 Å². The van der Waals surface area contributed by atoms with E-state index in [9.17, 15) is 9.50 Å². The molecule has 0 aliphatic carbocycles. The average molecular weight is 519 g/mol. The molecule has 1 aliphatic heterocycles. The minimum absolute atomic E-state index is 0. The monoisotopic (exact) mass is 518 g/mol. The Morgan fingerprint density at radius 1 is 1.32 bits per heavy atom. The predicted octanol–water partition coefficient (Wildman–Crippen LogP) is 3.53. The number of nitrogens with zero attached hydrogens (tertiary/aromatic N) is 2. The van der Waals surface area contributed by atoms with E-state index in [1.54, 1.807) is 19.2 Å². The number of benzene rings is 2. The number of aliphatic hydroxyl groups excluding tert-OH is 1. The van der Waals surface area contributed by atoms with Crippen molar-refractivity contribution in [3.63, 3.8) is 0 Å². The van der Waals surface area contributed by atoms with Crippen LogP contribution in [0.2, 0.25) is 5.02 Å². The molecule has 2 aromatic carbocycles. The molecule has 1 atom stereocenters. The highest BCUT2D eigenvalue weighted by Crippen LogP contribution is 2.23. The van der Waals surface area contributed by atoms with Crippen LogP contribution < -0.4 is 15.5 Å². The first kappa shape index (κ1) is 22.7. The van der Waals surface area contributed by atoms with Crippen LogP contribution in [-0.4, -0.2) is 37.2 Å². The molecular formula is C20H25ClFIN4O. The maximum atomic E-state index is 13.5. The number of aliphatic imine (C=N–C) groups is 1. The smallest absolute Gasteiger partial charge is 0.191 e. The predicted molar refractivity (Wildman–Crippen MR) is 123 cm³/mol. The van der Waals surface area contributed by atoms with Gasteiger partial charge in [0.1, 0.15) is 5.82 Å². The van der Waals surface area contributed by atoms with Gasteiger partial charge < -0.3 is 20.6 Å². The summed E-state index contributed by atoms with van der Waals surface area (Å²) in [6.07, 6.45) is 0.998. The van der Waals surface area contributed by atoms with Crippen LogP contribution in [0.3, 0.4) is 0 Å². The fourth-order valence-corrected chi connectivity index (χ4v) is 3.40. The zero-order valence-electron chi connectivity index (χ0n) is 15.7. The van der Waals surface area contributed by atoms with Crippen molar-refractivity contribution < 1.29 is 9.50 Å². The van der Waals surface area contributed by atoms with Gasteiger partial charge in [0.2, 0.25) is 0 Å². The third-order valence-electron chi connectivity index (χ3n) is 4.67. The van der Waals surface area contributed by atoms with E-state index >= 15 is 0 Å². The van der Waals surface area contributed by atoms with Gasteiger partial charge in [-0.15, -0.1) is 24.0 Å². The van der Waals surface area contributed by atoms with Crippen LogP contribution in [0.4, 0.5) is 10.1 Å². The topological polar surface area (TPSA) is 59.9 Å². The first-order valence-corrected chi connectivity index (χ1v) is 9.32. The van der Waals surface area contributed by atoms with E-state index in [0.717, 1.165) is 35.8 Å². The van der Waals surface area contributed by atoms with Crippen molar-refractivity contribution in [3.8, 4) is 0 Å². The lowest BCUT2D eigenvalue weighted by atomic mass is 10.1. The normalized spacial score (nSPS) is 16.6. The van der Waals surface area contributed by atoms with Gasteiger partial charge in [-0.2, -0.15) is 0 Å². The fourth-order valence-electron chi connectivity index (χ4n) is 3.22. The van der Waals surface area contributed by atoms with Gasteiger partial charge in [0.05, 0.1) is 6.61 Å². The van der Waals surface area contributed by atoms with Crippen LogP contribution in [-0.2, 0) is 13.2 Å². The molecule has 3 N–H and O–H groups in total. The molecule has 0 saturated carbocycles. The highest BCUT2D eigenvalue weighted by Gasteiger charge is 2.23. The van der Waals surface area contributed by atoms with E-state index in [2.05, 4.69) is 26.6 Å². The third kappa shape index (κ3) is 5.96. The maximum absolute atomic E-state index is 13.5. The van der Waals surface area contributed by atoms with Crippen LogP contribution in [0.25, 0.3) is 0 Å². The molecule has 0 amide bonds. The zero-order chi connectivity index (χ0) is 19.2. The Kier molecular flexibility index (Phi) is 8.78. The van der Waals surface area contributed by atoms with Crippen molar-refractivity contribution in [2.24, 2.45) is 4.99 Å². The summed E-state index contributed by atoms with van der Waals surface area (Å²) in [4.78, 5) is 6.57. The fraction of sp³-hybridized carbons (Fsp3) is 0.350. The van der Waals surface area contributed by atoms with Gasteiger partial charge >= 0.3 is 0 Å². The molecule has 8 heteroatoms. The van der Waals surface area contributed by atoms with E-state index in [4.69, 9.17) is 11.6 Å². The van der Waals surface area contributed by atoms with Crippen molar-refractivity contribution in [2.75, 3.05) is 25.0 Å². The van der Waals surface area contributed by atoms with Gasteiger partial charge in [-0.1, -0.05) is 23.7 Å². The molecule has 152 valence electrons. The molecule has 0 bridgehead atoms.